The van der Waals surface area contributed by atoms with Gasteiger partial charge in [-0.25, -0.2) is 0 Å². The monoisotopic (exact) mass is 502 g/mol. The van der Waals surface area contributed by atoms with Crippen LogP contribution in [0.1, 0.15) is 5.56 Å². The number of benzene rings is 2. The molecule has 4 N–H and O–H groups in total. The van der Waals surface area contributed by atoms with Gasteiger partial charge in [0.2, 0.25) is 0 Å². The summed E-state index contributed by atoms with van der Waals surface area (Å²) in [5.74, 6) is 1.38. The predicted octanol–water partition coefficient (Wildman–Crippen LogP) is 5.97. The molecule has 0 saturated heterocycles. The Morgan fingerprint density at radius 1 is 0.974 bits per heavy atom. The van der Waals surface area contributed by atoms with E-state index in [-0.39, 0.29) is 6.04 Å². The number of nitrogens with one attached hydrogen (secondary N) is 2. The molecule has 0 aliphatic carbocycles. The number of furan rings is 1. The summed E-state index contributed by atoms with van der Waals surface area (Å²) in [6.07, 6.45) is 9.27. The molecule has 0 aliphatic heterocycles. The minimum absolute atomic E-state index is 0.140. The summed E-state index contributed by atoms with van der Waals surface area (Å²) < 4.78 is 11.5. The van der Waals surface area contributed by atoms with Crippen LogP contribution in [-0.4, -0.2) is 32.8 Å². The Hall–Kier alpha value is -4.95. The van der Waals surface area contributed by atoms with Gasteiger partial charge in [0, 0.05) is 40.6 Å². The van der Waals surface area contributed by atoms with Crippen molar-refractivity contribution in [2.45, 2.75) is 12.5 Å². The normalized spacial score (nSPS) is 11.9. The van der Waals surface area contributed by atoms with Crippen molar-refractivity contribution in [3.63, 3.8) is 0 Å². The van der Waals surface area contributed by atoms with Gasteiger partial charge in [-0.05, 0) is 53.9 Å². The Bertz CT molecular complexity index is 1630. The van der Waals surface area contributed by atoms with E-state index in [4.69, 9.17) is 19.9 Å². The third-order valence-electron chi connectivity index (χ3n) is 6.28. The van der Waals surface area contributed by atoms with E-state index in [9.17, 15) is 0 Å². The number of aromatic amines is 1. The molecule has 0 aliphatic rings. The van der Waals surface area contributed by atoms with E-state index >= 15 is 0 Å². The molecule has 0 spiro atoms. The Kier molecular flexibility index (Phi) is 6.53. The number of rotatable bonds is 9. The number of aromatic nitrogens is 4. The van der Waals surface area contributed by atoms with Crippen molar-refractivity contribution in [3.05, 3.63) is 109 Å². The average Bonchev–Trinajstić information content (AvgIpc) is 3.63. The quantitative estimate of drug-likeness (QED) is 0.223. The highest BCUT2D eigenvalue weighted by atomic mass is 16.5. The number of hydrogen-bond acceptors (Lipinski definition) is 7. The van der Waals surface area contributed by atoms with Crippen LogP contribution in [0.3, 0.4) is 0 Å². The smallest absolute Gasteiger partial charge is 0.160 e. The maximum atomic E-state index is 6.36. The van der Waals surface area contributed by atoms with Crippen molar-refractivity contribution in [3.8, 4) is 28.1 Å². The number of fused-ring (bicyclic) bond motifs is 1. The Morgan fingerprint density at radius 2 is 1.84 bits per heavy atom. The van der Waals surface area contributed by atoms with E-state index < -0.39 is 0 Å². The number of nitrogens with zero attached hydrogens (tertiary/aromatic N) is 3. The number of hydrogen-bond donors (Lipinski definition) is 3. The molecule has 0 amide bonds. The number of ether oxygens (including phenoxy) is 1. The van der Waals surface area contributed by atoms with Crippen molar-refractivity contribution in [1.82, 2.24) is 20.2 Å². The molecule has 1 atom stereocenters. The summed E-state index contributed by atoms with van der Waals surface area (Å²) >= 11 is 0. The third kappa shape index (κ3) is 5.11. The Balaban J connectivity index is 1.31. The summed E-state index contributed by atoms with van der Waals surface area (Å²) in [6, 6.07) is 23.9. The van der Waals surface area contributed by atoms with Crippen molar-refractivity contribution < 1.29 is 9.15 Å². The highest BCUT2D eigenvalue weighted by Gasteiger charge is 2.15. The highest BCUT2D eigenvalue weighted by molar-refractivity contribution is 5.96. The molecule has 6 aromatic rings. The number of pyridine rings is 2. The van der Waals surface area contributed by atoms with E-state index in [2.05, 4.69) is 38.7 Å². The van der Waals surface area contributed by atoms with E-state index in [0.29, 0.717) is 12.4 Å². The van der Waals surface area contributed by atoms with Crippen molar-refractivity contribution >= 4 is 22.4 Å². The van der Waals surface area contributed by atoms with Crippen LogP contribution in [0.5, 0.6) is 5.75 Å². The fourth-order valence-electron chi connectivity index (χ4n) is 4.40. The van der Waals surface area contributed by atoms with Crippen LogP contribution in [0.25, 0.3) is 33.3 Å². The lowest BCUT2D eigenvalue weighted by molar-refractivity contribution is 0.287. The molecule has 2 aromatic carbocycles. The molecular weight excluding hydrogens is 476 g/mol. The van der Waals surface area contributed by atoms with Gasteiger partial charge in [-0.3, -0.25) is 15.1 Å². The summed E-state index contributed by atoms with van der Waals surface area (Å²) in [5.41, 5.74) is 12.9. The van der Waals surface area contributed by atoms with Gasteiger partial charge in [0.05, 0.1) is 29.9 Å². The van der Waals surface area contributed by atoms with Crippen LogP contribution in [0, 0.1) is 0 Å². The van der Waals surface area contributed by atoms with Crippen LogP contribution in [0.2, 0.25) is 0 Å². The first-order valence-electron chi connectivity index (χ1n) is 12.3. The first-order chi connectivity index (χ1) is 18.7. The average molecular weight is 503 g/mol. The minimum Gasteiger partial charge on any atom is -0.490 e. The molecular formula is C30H26N6O2. The SMILES string of the molecule is N[C@H](COc1cnc(-c2ccoc2)c(-c2ccc3[nH]nc(Nc4ccncc4)c3c2)c1)Cc1ccccc1. The van der Waals surface area contributed by atoms with E-state index in [1.165, 1.54) is 5.56 Å². The lowest BCUT2D eigenvalue weighted by Gasteiger charge is -2.15. The van der Waals surface area contributed by atoms with Crippen LogP contribution < -0.4 is 15.8 Å². The second kappa shape index (κ2) is 10.6. The number of H-pyrrole nitrogens is 1. The van der Waals surface area contributed by atoms with Gasteiger partial charge in [0.25, 0.3) is 0 Å². The zero-order valence-electron chi connectivity index (χ0n) is 20.5. The maximum absolute atomic E-state index is 6.36. The topological polar surface area (TPSA) is 115 Å². The molecule has 188 valence electrons. The standard InChI is InChI=1S/C30H26N6O2/c31-23(14-20-4-2-1-3-5-20)19-38-25-16-26(29(33-17-25)22-10-13-37-18-22)21-6-7-28-27(15-21)30(36-35-28)34-24-8-11-32-12-9-24/h1-13,15-18,23H,14,19,31H2,(H2,32,34,35,36)/t23-/m0/s1. The Morgan fingerprint density at radius 3 is 2.66 bits per heavy atom. The van der Waals surface area contributed by atoms with E-state index in [0.717, 1.165) is 51.2 Å². The Labute approximate surface area is 219 Å². The predicted molar refractivity (Wildman–Crippen MR) is 148 cm³/mol. The minimum atomic E-state index is -0.140. The van der Waals surface area contributed by atoms with Crippen molar-refractivity contribution in [2.24, 2.45) is 5.73 Å². The van der Waals surface area contributed by atoms with Crippen LogP contribution in [0.4, 0.5) is 11.5 Å². The van der Waals surface area contributed by atoms with Gasteiger partial charge in [0.1, 0.15) is 12.4 Å². The summed E-state index contributed by atoms with van der Waals surface area (Å²) in [7, 11) is 0. The summed E-state index contributed by atoms with van der Waals surface area (Å²) in [5, 5.41) is 11.9. The first-order valence-corrected chi connectivity index (χ1v) is 12.3. The molecule has 4 aromatic heterocycles. The molecule has 4 heterocycles. The summed E-state index contributed by atoms with van der Waals surface area (Å²) in [4.78, 5) is 8.82. The highest BCUT2D eigenvalue weighted by Crippen LogP contribution is 2.36. The fourth-order valence-corrected chi connectivity index (χ4v) is 4.40. The lowest BCUT2D eigenvalue weighted by atomic mass is 9.99. The van der Waals surface area contributed by atoms with Crippen LogP contribution in [-0.2, 0) is 6.42 Å². The molecule has 0 fully saturated rings. The molecule has 0 saturated carbocycles. The lowest BCUT2D eigenvalue weighted by Crippen LogP contribution is -2.30. The van der Waals surface area contributed by atoms with Gasteiger partial charge in [-0.2, -0.15) is 5.10 Å². The molecule has 0 bridgehead atoms. The largest absolute Gasteiger partial charge is 0.490 e. The van der Waals surface area contributed by atoms with Crippen LogP contribution in [0.15, 0.2) is 108 Å². The zero-order chi connectivity index (χ0) is 25.7. The molecule has 8 nitrogen and oxygen atoms in total. The number of anilines is 2. The van der Waals surface area contributed by atoms with Gasteiger partial charge in [-0.15, -0.1) is 0 Å². The maximum Gasteiger partial charge on any atom is 0.160 e. The van der Waals surface area contributed by atoms with Gasteiger partial charge in [0.15, 0.2) is 5.82 Å². The molecule has 6 rings (SSSR count). The van der Waals surface area contributed by atoms with Crippen molar-refractivity contribution in [1.29, 1.82) is 0 Å². The van der Waals surface area contributed by atoms with E-state index in [1.807, 2.05) is 54.6 Å². The third-order valence-corrected chi connectivity index (χ3v) is 6.28. The second-order valence-electron chi connectivity index (χ2n) is 9.03. The first kappa shape index (κ1) is 23.4. The van der Waals surface area contributed by atoms with E-state index in [1.54, 1.807) is 31.1 Å². The molecule has 0 radical (unpaired) electrons. The zero-order valence-corrected chi connectivity index (χ0v) is 20.5. The van der Waals surface area contributed by atoms with Gasteiger partial charge in [-0.1, -0.05) is 36.4 Å². The van der Waals surface area contributed by atoms with Crippen LogP contribution >= 0.6 is 0 Å². The van der Waals surface area contributed by atoms with Crippen molar-refractivity contribution in [2.75, 3.05) is 11.9 Å². The molecule has 0 unspecified atom stereocenters. The molecule has 38 heavy (non-hydrogen) atoms. The summed E-state index contributed by atoms with van der Waals surface area (Å²) in [6.45, 7) is 0.377. The fraction of sp³-hybridized carbons (Fsp3) is 0.100. The second-order valence-corrected chi connectivity index (χ2v) is 9.03. The van der Waals surface area contributed by atoms with Gasteiger partial charge < -0.3 is 20.2 Å². The number of nitrogens with two attached hydrogens (primary N) is 1. The van der Waals surface area contributed by atoms with Gasteiger partial charge >= 0.3 is 0 Å². The molecule has 8 heteroatoms.